The fourth-order valence-corrected chi connectivity index (χ4v) is 4.46. The molecule has 0 unspecified atom stereocenters. The van der Waals surface area contributed by atoms with E-state index >= 15 is 0 Å². The Hall–Kier alpha value is -1.83. The number of amides is 1. The third kappa shape index (κ3) is 5.86. The van der Waals surface area contributed by atoms with Crippen LogP contribution >= 0.6 is 39.9 Å². The molecule has 1 aliphatic heterocycles. The number of nitrogens with zero attached hydrogens (tertiary/aromatic N) is 1. The van der Waals surface area contributed by atoms with Gasteiger partial charge in [0.05, 0.1) is 11.5 Å². The van der Waals surface area contributed by atoms with Gasteiger partial charge in [-0.15, -0.1) is 0 Å². The quantitative estimate of drug-likeness (QED) is 0.311. The van der Waals surface area contributed by atoms with Gasteiger partial charge in [-0.2, -0.15) is 0 Å². The number of carbonyl (C=O) groups excluding carboxylic acids is 1. The normalized spacial score (nSPS) is 15.4. The van der Waals surface area contributed by atoms with E-state index in [0.717, 1.165) is 15.6 Å². The van der Waals surface area contributed by atoms with E-state index in [-0.39, 0.29) is 5.91 Å². The van der Waals surface area contributed by atoms with E-state index in [4.69, 9.17) is 21.7 Å². The molecule has 1 fully saturated rings. The fraction of sp³-hybridized carbons (Fsp3) is 0.304. The lowest BCUT2D eigenvalue weighted by Gasteiger charge is -2.16. The molecule has 1 heterocycles. The highest BCUT2D eigenvalue weighted by molar-refractivity contribution is 9.10. The number of halogens is 1. The van der Waals surface area contributed by atoms with Gasteiger partial charge in [-0.25, -0.2) is 0 Å². The van der Waals surface area contributed by atoms with Crippen molar-refractivity contribution in [2.24, 2.45) is 5.92 Å². The summed E-state index contributed by atoms with van der Waals surface area (Å²) < 4.78 is 13.4. The average molecular weight is 506 g/mol. The first kappa shape index (κ1) is 22.8. The van der Waals surface area contributed by atoms with Crippen molar-refractivity contribution in [2.45, 2.75) is 27.4 Å². The van der Waals surface area contributed by atoms with Gasteiger partial charge in [0.2, 0.25) is 0 Å². The van der Waals surface area contributed by atoms with Crippen LogP contribution in [0.2, 0.25) is 0 Å². The molecule has 30 heavy (non-hydrogen) atoms. The summed E-state index contributed by atoms with van der Waals surface area (Å²) in [5.41, 5.74) is 1.94. The van der Waals surface area contributed by atoms with Crippen LogP contribution in [0.1, 0.15) is 31.9 Å². The Balaban J connectivity index is 1.77. The van der Waals surface area contributed by atoms with Crippen molar-refractivity contribution in [1.82, 2.24) is 4.90 Å². The number of hydrogen-bond acceptors (Lipinski definition) is 5. The second-order valence-electron chi connectivity index (χ2n) is 7.24. The number of carbonyl (C=O) groups is 1. The lowest BCUT2D eigenvalue weighted by atomic mass is 10.1. The largest absolute Gasteiger partial charge is 0.490 e. The summed E-state index contributed by atoms with van der Waals surface area (Å²) in [5.74, 6) is 1.65. The number of thioether (sulfide) groups is 1. The Bertz CT molecular complexity index is 957. The van der Waals surface area contributed by atoms with Gasteiger partial charge in [0.25, 0.3) is 5.91 Å². The highest BCUT2D eigenvalue weighted by Crippen LogP contribution is 2.35. The van der Waals surface area contributed by atoms with Crippen LogP contribution in [0.25, 0.3) is 6.08 Å². The van der Waals surface area contributed by atoms with Gasteiger partial charge in [-0.3, -0.25) is 9.69 Å². The van der Waals surface area contributed by atoms with Gasteiger partial charge >= 0.3 is 0 Å². The molecule has 7 heteroatoms. The lowest BCUT2D eigenvalue weighted by Crippen LogP contribution is -2.31. The first-order chi connectivity index (χ1) is 14.4. The molecule has 2 aromatic carbocycles. The summed E-state index contributed by atoms with van der Waals surface area (Å²) in [6.07, 6.45) is 1.86. The minimum atomic E-state index is -0.0350. The van der Waals surface area contributed by atoms with E-state index in [2.05, 4.69) is 29.8 Å². The van der Waals surface area contributed by atoms with Gasteiger partial charge in [-0.1, -0.05) is 72.0 Å². The summed E-state index contributed by atoms with van der Waals surface area (Å²) in [6.45, 7) is 7.68. The van der Waals surface area contributed by atoms with Crippen molar-refractivity contribution in [3.05, 3.63) is 63.0 Å². The molecule has 1 saturated heterocycles. The van der Waals surface area contributed by atoms with Crippen molar-refractivity contribution in [3.63, 3.8) is 0 Å². The summed E-state index contributed by atoms with van der Waals surface area (Å²) in [4.78, 5) is 15.0. The SMILES string of the molecule is CCOc1cc(/C=C2\SC(=S)N(CC(C)C)C2=O)ccc1OCc1ccc(Br)cc1. The number of hydrogen-bond donors (Lipinski definition) is 0. The third-order valence-electron chi connectivity index (χ3n) is 4.29. The highest BCUT2D eigenvalue weighted by Gasteiger charge is 2.32. The Morgan fingerprint density at radius 1 is 1.13 bits per heavy atom. The molecule has 0 N–H and O–H groups in total. The van der Waals surface area contributed by atoms with Crippen molar-refractivity contribution in [3.8, 4) is 11.5 Å². The van der Waals surface area contributed by atoms with Gasteiger partial charge in [0, 0.05) is 11.0 Å². The zero-order chi connectivity index (χ0) is 21.7. The Morgan fingerprint density at radius 3 is 2.53 bits per heavy atom. The lowest BCUT2D eigenvalue weighted by molar-refractivity contribution is -0.122. The Labute approximate surface area is 195 Å². The number of thiocarbonyl (C=S) groups is 1. The maximum atomic E-state index is 12.7. The molecule has 0 saturated carbocycles. The molecule has 0 spiro atoms. The molecule has 0 radical (unpaired) electrons. The predicted octanol–water partition coefficient (Wildman–Crippen LogP) is 6.28. The van der Waals surface area contributed by atoms with E-state index in [1.165, 1.54) is 11.8 Å². The summed E-state index contributed by atoms with van der Waals surface area (Å²) >= 11 is 10.2. The third-order valence-corrected chi connectivity index (χ3v) is 6.20. The average Bonchev–Trinajstić information content (AvgIpc) is 2.96. The predicted molar refractivity (Wildman–Crippen MR) is 131 cm³/mol. The standard InChI is InChI=1S/C23H24BrNO3S2/c1-4-27-20-11-17(12-21-22(26)25(13-15(2)3)23(29)30-21)7-10-19(20)28-14-16-5-8-18(24)9-6-16/h5-12,15H,4,13-14H2,1-3H3/b21-12-. The first-order valence-electron chi connectivity index (χ1n) is 9.76. The molecule has 0 bridgehead atoms. The van der Waals surface area contributed by atoms with Gasteiger partial charge in [-0.05, 0) is 54.3 Å². The van der Waals surface area contributed by atoms with E-state index in [1.807, 2.05) is 55.5 Å². The van der Waals surface area contributed by atoms with Crippen LogP contribution in [0, 0.1) is 5.92 Å². The first-order valence-corrected chi connectivity index (χ1v) is 11.8. The molecule has 1 amide bonds. The van der Waals surface area contributed by atoms with E-state index in [1.54, 1.807) is 4.90 Å². The van der Waals surface area contributed by atoms with Crippen LogP contribution in [0.5, 0.6) is 11.5 Å². The molecule has 3 rings (SSSR count). The monoisotopic (exact) mass is 505 g/mol. The molecule has 2 aromatic rings. The molecule has 0 aromatic heterocycles. The smallest absolute Gasteiger partial charge is 0.266 e. The van der Waals surface area contributed by atoms with Crippen LogP contribution in [0.15, 0.2) is 51.8 Å². The van der Waals surface area contributed by atoms with Crippen LogP contribution in [-0.4, -0.2) is 28.3 Å². The number of benzene rings is 2. The van der Waals surface area contributed by atoms with Crippen LogP contribution in [0.3, 0.4) is 0 Å². The maximum absolute atomic E-state index is 12.7. The number of ether oxygens (including phenoxy) is 2. The zero-order valence-corrected chi connectivity index (χ0v) is 20.4. The fourth-order valence-electron chi connectivity index (χ4n) is 2.92. The van der Waals surface area contributed by atoms with E-state index in [9.17, 15) is 4.79 Å². The molecule has 0 atom stereocenters. The second-order valence-corrected chi connectivity index (χ2v) is 9.83. The summed E-state index contributed by atoms with van der Waals surface area (Å²) in [5, 5.41) is 0. The van der Waals surface area contributed by atoms with Crippen molar-refractivity contribution >= 4 is 56.2 Å². The van der Waals surface area contributed by atoms with E-state index in [0.29, 0.717) is 46.4 Å². The number of rotatable bonds is 8. The van der Waals surface area contributed by atoms with E-state index < -0.39 is 0 Å². The summed E-state index contributed by atoms with van der Waals surface area (Å²) in [7, 11) is 0. The molecule has 0 aliphatic carbocycles. The van der Waals surface area contributed by atoms with Crippen LogP contribution < -0.4 is 9.47 Å². The summed E-state index contributed by atoms with van der Waals surface area (Å²) in [6, 6.07) is 13.7. The minimum absolute atomic E-state index is 0.0350. The maximum Gasteiger partial charge on any atom is 0.266 e. The topological polar surface area (TPSA) is 38.8 Å². The molecule has 4 nitrogen and oxygen atoms in total. The van der Waals surface area contributed by atoms with Crippen LogP contribution in [0.4, 0.5) is 0 Å². The molecule has 1 aliphatic rings. The Morgan fingerprint density at radius 2 is 1.87 bits per heavy atom. The second kappa shape index (κ2) is 10.5. The van der Waals surface area contributed by atoms with Crippen LogP contribution in [-0.2, 0) is 11.4 Å². The van der Waals surface area contributed by atoms with Crippen molar-refractivity contribution in [2.75, 3.05) is 13.2 Å². The molecular weight excluding hydrogens is 482 g/mol. The Kier molecular flexibility index (Phi) is 7.97. The minimum Gasteiger partial charge on any atom is -0.490 e. The highest BCUT2D eigenvalue weighted by atomic mass is 79.9. The zero-order valence-electron chi connectivity index (χ0n) is 17.2. The van der Waals surface area contributed by atoms with Crippen molar-refractivity contribution in [1.29, 1.82) is 0 Å². The van der Waals surface area contributed by atoms with Gasteiger partial charge in [0.1, 0.15) is 10.9 Å². The molecular formula is C23H24BrNO3S2. The molecule has 158 valence electrons. The van der Waals surface area contributed by atoms with Gasteiger partial charge in [0.15, 0.2) is 11.5 Å². The van der Waals surface area contributed by atoms with Gasteiger partial charge < -0.3 is 9.47 Å². The van der Waals surface area contributed by atoms with Crippen molar-refractivity contribution < 1.29 is 14.3 Å².